The Labute approximate surface area is 119 Å². The van der Waals surface area contributed by atoms with E-state index in [4.69, 9.17) is 0 Å². The fourth-order valence-electron chi connectivity index (χ4n) is 2.71. The summed E-state index contributed by atoms with van der Waals surface area (Å²) >= 11 is 0. The highest BCUT2D eigenvalue weighted by Gasteiger charge is 2.14. The van der Waals surface area contributed by atoms with E-state index < -0.39 is 0 Å². The zero-order chi connectivity index (χ0) is 13.8. The van der Waals surface area contributed by atoms with Crippen molar-refractivity contribution in [2.24, 2.45) is 0 Å². The summed E-state index contributed by atoms with van der Waals surface area (Å²) in [4.78, 5) is 13.1. The number of anilines is 1. The normalized spacial score (nSPS) is 14.4. The molecule has 0 saturated heterocycles. The zero-order valence-electron chi connectivity index (χ0n) is 11.9. The van der Waals surface area contributed by atoms with Crippen LogP contribution in [0.3, 0.4) is 0 Å². The monoisotopic (exact) mass is 268 g/mol. The molecule has 0 amide bonds. The molecule has 1 aliphatic carbocycles. The van der Waals surface area contributed by atoms with Gasteiger partial charge in [0.15, 0.2) is 0 Å². The molecule has 0 fully saturated rings. The molecule has 4 nitrogen and oxygen atoms in total. The van der Waals surface area contributed by atoms with E-state index in [0.29, 0.717) is 0 Å². The van der Waals surface area contributed by atoms with Crippen LogP contribution in [0.25, 0.3) is 0 Å². The molecule has 104 valence electrons. The molecule has 0 spiro atoms. The van der Waals surface area contributed by atoms with E-state index in [1.165, 1.54) is 41.6 Å². The van der Waals surface area contributed by atoms with Gasteiger partial charge in [-0.05, 0) is 49.8 Å². The molecule has 0 radical (unpaired) electrons. The van der Waals surface area contributed by atoms with E-state index in [9.17, 15) is 0 Å². The largest absolute Gasteiger partial charge is 0.366 e. The van der Waals surface area contributed by atoms with Gasteiger partial charge in [0.05, 0.1) is 0 Å². The number of aryl methyl sites for hydroxylation is 2. The molecular weight excluding hydrogens is 248 g/mol. The lowest BCUT2D eigenvalue weighted by atomic mass is 10.1. The fraction of sp³-hybridized carbons (Fsp3) is 0.438. The summed E-state index contributed by atoms with van der Waals surface area (Å²) in [5, 5.41) is 3.47. The van der Waals surface area contributed by atoms with Gasteiger partial charge in [-0.2, -0.15) is 0 Å². The topological polar surface area (TPSA) is 50.7 Å². The maximum atomic E-state index is 4.45. The Hall–Kier alpha value is -1.97. The first kappa shape index (κ1) is 13.0. The highest BCUT2D eigenvalue weighted by molar-refractivity contribution is 5.47. The van der Waals surface area contributed by atoms with Gasteiger partial charge in [-0.25, -0.2) is 9.97 Å². The van der Waals surface area contributed by atoms with Gasteiger partial charge in [0.1, 0.15) is 12.1 Å². The summed E-state index contributed by atoms with van der Waals surface area (Å²) in [6.07, 6.45) is 11.4. The average Bonchev–Trinajstić information content (AvgIpc) is 2.72. The van der Waals surface area contributed by atoms with Crippen molar-refractivity contribution in [3.63, 3.8) is 0 Å². The van der Waals surface area contributed by atoms with E-state index in [0.717, 1.165) is 25.2 Å². The Kier molecular flexibility index (Phi) is 3.90. The van der Waals surface area contributed by atoms with Gasteiger partial charge >= 0.3 is 0 Å². The second kappa shape index (κ2) is 5.99. The molecule has 2 aromatic rings. The van der Waals surface area contributed by atoms with Crippen molar-refractivity contribution < 1.29 is 0 Å². The number of nitrogens with zero attached hydrogens (tertiary/aromatic N) is 3. The van der Waals surface area contributed by atoms with Crippen molar-refractivity contribution in [1.82, 2.24) is 15.0 Å². The minimum absolute atomic E-state index is 0.767. The minimum Gasteiger partial charge on any atom is -0.366 e. The van der Waals surface area contributed by atoms with Gasteiger partial charge in [-0.3, -0.25) is 4.98 Å². The third-order valence-electron chi connectivity index (χ3n) is 3.97. The molecule has 2 heterocycles. The van der Waals surface area contributed by atoms with Gasteiger partial charge in [-0.1, -0.05) is 6.42 Å². The molecule has 1 aliphatic rings. The molecule has 0 saturated carbocycles. The highest BCUT2D eigenvalue weighted by Crippen LogP contribution is 2.24. The molecule has 0 atom stereocenters. The molecule has 0 aliphatic heterocycles. The lowest BCUT2D eigenvalue weighted by Crippen LogP contribution is -2.08. The summed E-state index contributed by atoms with van der Waals surface area (Å²) in [5.74, 6) is 1.00. The fourth-order valence-corrected chi connectivity index (χ4v) is 2.71. The van der Waals surface area contributed by atoms with Crippen molar-refractivity contribution in [1.29, 1.82) is 0 Å². The van der Waals surface area contributed by atoms with Gasteiger partial charge in [-0.15, -0.1) is 0 Å². The van der Waals surface area contributed by atoms with Crippen LogP contribution in [0.4, 0.5) is 5.82 Å². The van der Waals surface area contributed by atoms with Crippen molar-refractivity contribution >= 4 is 5.82 Å². The lowest BCUT2D eigenvalue weighted by Gasteiger charge is -2.13. The van der Waals surface area contributed by atoms with Crippen LogP contribution in [0.1, 0.15) is 41.6 Å². The van der Waals surface area contributed by atoms with Gasteiger partial charge in [0.2, 0.25) is 0 Å². The second-order valence-corrected chi connectivity index (χ2v) is 5.36. The van der Waals surface area contributed by atoms with E-state index in [2.05, 4.69) is 27.2 Å². The molecule has 0 aromatic carbocycles. The third kappa shape index (κ3) is 2.79. The van der Waals surface area contributed by atoms with Crippen LogP contribution in [0.5, 0.6) is 0 Å². The maximum absolute atomic E-state index is 4.45. The summed E-state index contributed by atoms with van der Waals surface area (Å²) in [6.45, 7) is 2.88. The molecule has 20 heavy (non-hydrogen) atoms. The summed E-state index contributed by atoms with van der Waals surface area (Å²) in [5.41, 5.74) is 5.01. The Bertz CT molecular complexity index is 595. The number of pyridine rings is 1. The zero-order valence-corrected chi connectivity index (χ0v) is 11.9. The van der Waals surface area contributed by atoms with Crippen LogP contribution in [0.15, 0.2) is 24.8 Å². The average molecular weight is 268 g/mol. The molecular formula is C16H20N4. The minimum atomic E-state index is 0.767. The molecule has 0 bridgehead atoms. The van der Waals surface area contributed by atoms with Crippen LogP contribution >= 0.6 is 0 Å². The van der Waals surface area contributed by atoms with Crippen molar-refractivity contribution in [3.05, 3.63) is 47.2 Å². The Morgan fingerprint density at radius 3 is 2.95 bits per heavy atom. The number of nitrogens with one attached hydrogen (secondary N) is 1. The SMILES string of the molecule is Cc1ccncc1CNc1ncnc2c1CCCCC2. The lowest BCUT2D eigenvalue weighted by molar-refractivity contribution is 0.708. The van der Waals surface area contributed by atoms with E-state index in [1.54, 1.807) is 6.33 Å². The number of fused-ring (bicyclic) bond motifs is 1. The first-order valence-electron chi connectivity index (χ1n) is 7.30. The summed E-state index contributed by atoms with van der Waals surface area (Å²) in [6, 6.07) is 2.04. The van der Waals surface area contributed by atoms with Gasteiger partial charge < -0.3 is 5.32 Å². The van der Waals surface area contributed by atoms with E-state index >= 15 is 0 Å². The predicted octanol–water partition coefficient (Wildman–Crippen LogP) is 3.06. The summed E-state index contributed by atoms with van der Waals surface area (Å²) < 4.78 is 0. The Balaban J connectivity index is 1.80. The molecule has 0 unspecified atom stereocenters. The Morgan fingerprint density at radius 1 is 1.15 bits per heavy atom. The van der Waals surface area contributed by atoms with E-state index in [1.807, 2.05) is 18.5 Å². The number of hydrogen-bond donors (Lipinski definition) is 1. The first-order valence-corrected chi connectivity index (χ1v) is 7.30. The maximum Gasteiger partial charge on any atom is 0.133 e. The molecule has 2 aromatic heterocycles. The van der Waals surface area contributed by atoms with Crippen molar-refractivity contribution in [3.8, 4) is 0 Å². The van der Waals surface area contributed by atoms with Crippen LogP contribution in [0.2, 0.25) is 0 Å². The molecule has 3 rings (SSSR count). The van der Waals surface area contributed by atoms with Crippen LogP contribution < -0.4 is 5.32 Å². The smallest absolute Gasteiger partial charge is 0.133 e. The standard InChI is InChI=1S/C16H20N4/c1-12-7-8-17-9-13(12)10-18-16-14-5-3-2-4-6-15(14)19-11-20-16/h7-9,11H,2-6,10H2,1H3,(H,18,19,20). The number of aromatic nitrogens is 3. The predicted molar refractivity (Wildman–Crippen MR) is 79.6 cm³/mol. The highest BCUT2D eigenvalue weighted by atomic mass is 15.0. The summed E-state index contributed by atoms with van der Waals surface area (Å²) in [7, 11) is 0. The third-order valence-corrected chi connectivity index (χ3v) is 3.97. The Morgan fingerprint density at radius 2 is 2.05 bits per heavy atom. The van der Waals surface area contributed by atoms with Gasteiger partial charge in [0.25, 0.3) is 0 Å². The number of hydrogen-bond acceptors (Lipinski definition) is 4. The van der Waals surface area contributed by atoms with Gasteiger partial charge in [0, 0.05) is 30.2 Å². The molecule has 1 N–H and O–H groups in total. The van der Waals surface area contributed by atoms with E-state index in [-0.39, 0.29) is 0 Å². The number of rotatable bonds is 3. The van der Waals surface area contributed by atoms with Crippen LogP contribution in [-0.4, -0.2) is 15.0 Å². The van der Waals surface area contributed by atoms with Crippen LogP contribution in [0, 0.1) is 6.92 Å². The first-order chi connectivity index (χ1) is 9.84. The molecule has 4 heteroatoms. The van der Waals surface area contributed by atoms with Crippen molar-refractivity contribution in [2.75, 3.05) is 5.32 Å². The second-order valence-electron chi connectivity index (χ2n) is 5.36. The van der Waals surface area contributed by atoms with Crippen molar-refractivity contribution in [2.45, 2.75) is 45.6 Å². The van der Waals surface area contributed by atoms with Crippen LogP contribution in [-0.2, 0) is 19.4 Å². The quantitative estimate of drug-likeness (QED) is 0.869.